The lowest BCUT2D eigenvalue weighted by molar-refractivity contribution is -0.121. The number of pyridine rings is 1. The van der Waals surface area contributed by atoms with Gasteiger partial charge in [0.05, 0.1) is 18.0 Å². The Morgan fingerprint density at radius 3 is 2.56 bits per heavy atom. The van der Waals surface area contributed by atoms with Crippen LogP contribution in [0.5, 0.6) is 5.75 Å². The quantitative estimate of drug-likeness (QED) is 0.303. The molecule has 176 valence electrons. The summed E-state index contributed by atoms with van der Waals surface area (Å²) >= 11 is 6.12. The highest BCUT2D eigenvalue weighted by Crippen LogP contribution is 2.30. The first-order valence-corrected chi connectivity index (χ1v) is 12.1. The van der Waals surface area contributed by atoms with Crippen LogP contribution in [0.1, 0.15) is 32.9 Å². The second kappa shape index (κ2) is 10.7. The SMILES string of the molecule is CCOc1cccc(-c2ccc3nc(-c4ccc(Cl)cc4)c(CCC(=O)NCC(C)C)n3c2)c1. The van der Waals surface area contributed by atoms with Crippen molar-refractivity contribution in [1.82, 2.24) is 14.7 Å². The van der Waals surface area contributed by atoms with E-state index in [-0.39, 0.29) is 5.91 Å². The first kappa shape index (κ1) is 23.8. The predicted octanol–water partition coefficient (Wildman–Crippen LogP) is 6.43. The van der Waals surface area contributed by atoms with Gasteiger partial charge < -0.3 is 14.5 Å². The number of carbonyl (C=O) groups excluding carboxylic acids is 1. The van der Waals surface area contributed by atoms with E-state index in [1.807, 2.05) is 55.5 Å². The number of amides is 1. The molecule has 0 unspecified atom stereocenters. The van der Waals surface area contributed by atoms with Crippen molar-refractivity contribution >= 4 is 23.2 Å². The normalized spacial score (nSPS) is 11.2. The third-order valence-electron chi connectivity index (χ3n) is 5.61. The molecule has 2 aromatic carbocycles. The Bertz CT molecular complexity index is 1280. The summed E-state index contributed by atoms with van der Waals surface area (Å²) < 4.78 is 7.78. The summed E-state index contributed by atoms with van der Waals surface area (Å²) in [6.07, 6.45) is 3.06. The molecular formula is C28H30ClN3O2. The number of ether oxygens (including phenoxy) is 1. The molecule has 0 radical (unpaired) electrons. The Balaban J connectivity index is 1.73. The zero-order chi connectivity index (χ0) is 24.1. The summed E-state index contributed by atoms with van der Waals surface area (Å²) in [6.45, 7) is 7.46. The van der Waals surface area contributed by atoms with Crippen LogP contribution in [0, 0.1) is 5.92 Å². The van der Waals surface area contributed by atoms with Gasteiger partial charge in [-0.3, -0.25) is 4.79 Å². The molecule has 2 aromatic heterocycles. The summed E-state index contributed by atoms with van der Waals surface area (Å²) in [5.74, 6) is 1.31. The summed E-state index contributed by atoms with van der Waals surface area (Å²) in [4.78, 5) is 17.4. The van der Waals surface area contributed by atoms with Crippen molar-refractivity contribution in [3.63, 3.8) is 0 Å². The summed E-state index contributed by atoms with van der Waals surface area (Å²) in [7, 11) is 0. The molecule has 0 aliphatic rings. The molecule has 4 rings (SSSR count). The Kier molecular flexibility index (Phi) is 7.53. The number of halogens is 1. The van der Waals surface area contributed by atoms with E-state index in [1.54, 1.807) is 0 Å². The molecule has 0 spiro atoms. The number of aryl methyl sites for hydroxylation is 1. The van der Waals surface area contributed by atoms with Crippen LogP contribution in [0.4, 0.5) is 0 Å². The van der Waals surface area contributed by atoms with E-state index in [4.69, 9.17) is 21.3 Å². The van der Waals surface area contributed by atoms with Gasteiger partial charge in [-0.25, -0.2) is 4.98 Å². The number of nitrogens with zero attached hydrogens (tertiary/aromatic N) is 2. The molecule has 0 saturated carbocycles. The van der Waals surface area contributed by atoms with Gasteiger partial charge in [-0.05, 0) is 66.8 Å². The van der Waals surface area contributed by atoms with Crippen molar-refractivity contribution in [1.29, 1.82) is 0 Å². The number of hydrogen-bond donors (Lipinski definition) is 1. The van der Waals surface area contributed by atoms with Crippen LogP contribution in [0.15, 0.2) is 66.9 Å². The standard InChI is InChI=1S/C28H30ClN3O2/c1-4-34-24-7-5-6-21(16-24)22-10-14-26-31-28(20-8-11-23(29)12-9-20)25(32(26)18-22)13-15-27(33)30-17-19(2)3/h5-12,14,16,18-19H,4,13,15,17H2,1-3H3,(H,30,33). The third-order valence-corrected chi connectivity index (χ3v) is 5.86. The van der Waals surface area contributed by atoms with Crippen molar-refractivity contribution in [2.75, 3.05) is 13.2 Å². The zero-order valence-electron chi connectivity index (χ0n) is 19.8. The van der Waals surface area contributed by atoms with E-state index < -0.39 is 0 Å². The Morgan fingerprint density at radius 1 is 1.06 bits per heavy atom. The highest BCUT2D eigenvalue weighted by Gasteiger charge is 2.16. The van der Waals surface area contributed by atoms with Crippen LogP contribution >= 0.6 is 11.6 Å². The largest absolute Gasteiger partial charge is 0.494 e. The minimum Gasteiger partial charge on any atom is -0.494 e. The van der Waals surface area contributed by atoms with Gasteiger partial charge in [0.25, 0.3) is 0 Å². The molecule has 4 aromatic rings. The van der Waals surface area contributed by atoms with Gasteiger partial charge in [0, 0.05) is 29.7 Å². The lowest BCUT2D eigenvalue weighted by Crippen LogP contribution is -2.27. The second-order valence-electron chi connectivity index (χ2n) is 8.72. The van der Waals surface area contributed by atoms with Crippen LogP contribution in [-0.2, 0) is 11.2 Å². The molecule has 5 nitrogen and oxygen atoms in total. The topological polar surface area (TPSA) is 55.6 Å². The first-order chi connectivity index (χ1) is 16.4. The van der Waals surface area contributed by atoms with Crippen LogP contribution in [0.25, 0.3) is 28.0 Å². The third kappa shape index (κ3) is 5.60. The predicted molar refractivity (Wildman–Crippen MR) is 138 cm³/mol. The molecule has 34 heavy (non-hydrogen) atoms. The van der Waals surface area contributed by atoms with Gasteiger partial charge >= 0.3 is 0 Å². The van der Waals surface area contributed by atoms with Crippen LogP contribution in [-0.4, -0.2) is 28.4 Å². The molecule has 1 N–H and O–H groups in total. The summed E-state index contributed by atoms with van der Waals surface area (Å²) in [6, 6.07) is 19.8. The maximum absolute atomic E-state index is 12.5. The van der Waals surface area contributed by atoms with Gasteiger partial charge in [-0.15, -0.1) is 0 Å². The minimum atomic E-state index is 0.0475. The van der Waals surface area contributed by atoms with E-state index in [0.29, 0.717) is 36.9 Å². The van der Waals surface area contributed by atoms with Crippen molar-refractivity contribution in [3.8, 4) is 28.1 Å². The fourth-order valence-corrected chi connectivity index (χ4v) is 4.04. The molecule has 0 aliphatic heterocycles. The van der Waals surface area contributed by atoms with Gasteiger partial charge in [0.15, 0.2) is 0 Å². The molecule has 2 heterocycles. The Labute approximate surface area is 205 Å². The van der Waals surface area contributed by atoms with Gasteiger partial charge in [-0.1, -0.05) is 49.7 Å². The van der Waals surface area contributed by atoms with Gasteiger partial charge in [-0.2, -0.15) is 0 Å². The van der Waals surface area contributed by atoms with Crippen molar-refractivity contribution in [2.45, 2.75) is 33.6 Å². The molecule has 1 amide bonds. The van der Waals surface area contributed by atoms with Crippen molar-refractivity contribution in [3.05, 3.63) is 77.6 Å². The van der Waals surface area contributed by atoms with Crippen molar-refractivity contribution in [2.24, 2.45) is 5.92 Å². The second-order valence-corrected chi connectivity index (χ2v) is 9.16. The number of hydrogen-bond acceptors (Lipinski definition) is 3. The number of imidazole rings is 1. The van der Waals surface area contributed by atoms with E-state index in [1.165, 1.54) is 0 Å². The van der Waals surface area contributed by atoms with Crippen molar-refractivity contribution < 1.29 is 9.53 Å². The number of rotatable bonds is 9. The summed E-state index contributed by atoms with van der Waals surface area (Å²) in [5.41, 5.74) is 5.81. The van der Waals surface area contributed by atoms with Gasteiger partial charge in [0.2, 0.25) is 5.91 Å². The number of fused-ring (bicyclic) bond motifs is 1. The zero-order valence-corrected chi connectivity index (χ0v) is 20.6. The molecule has 6 heteroatoms. The highest BCUT2D eigenvalue weighted by atomic mass is 35.5. The van der Waals surface area contributed by atoms with Crippen LogP contribution in [0.3, 0.4) is 0 Å². The summed E-state index contributed by atoms with van der Waals surface area (Å²) in [5, 5.41) is 3.69. The van der Waals surface area contributed by atoms with E-state index in [9.17, 15) is 4.79 Å². The molecule has 0 saturated heterocycles. The van der Waals surface area contributed by atoms with Gasteiger partial charge in [0.1, 0.15) is 11.4 Å². The average molecular weight is 476 g/mol. The lowest BCUT2D eigenvalue weighted by Gasteiger charge is -2.10. The smallest absolute Gasteiger partial charge is 0.220 e. The first-order valence-electron chi connectivity index (χ1n) is 11.7. The number of nitrogens with one attached hydrogen (secondary N) is 1. The molecule has 0 aliphatic carbocycles. The molecule has 0 fully saturated rings. The number of carbonyl (C=O) groups is 1. The maximum atomic E-state index is 12.5. The average Bonchev–Trinajstić information content (AvgIpc) is 3.20. The fourth-order valence-electron chi connectivity index (χ4n) is 3.91. The van der Waals surface area contributed by atoms with E-state index >= 15 is 0 Å². The molecule has 0 bridgehead atoms. The maximum Gasteiger partial charge on any atom is 0.220 e. The molecular weight excluding hydrogens is 446 g/mol. The Hall–Kier alpha value is -3.31. The van der Waals surface area contributed by atoms with E-state index in [0.717, 1.165) is 39.5 Å². The minimum absolute atomic E-state index is 0.0475. The molecule has 0 atom stereocenters. The monoisotopic (exact) mass is 475 g/mol. The van der Waals surface area contributed by atoms with Crippen LogP contribution < -0.4 is 10.1 Å². The lowest BCUT2D eigenvalue weighted by atomic mass is 10.1. The van der Waals surface area contributed by atoms with Crippen LogP contribution in [0.2, 0.25) is 5.02 Å². The van der Waals surface area contributed by atoms with E-state index in [2.05, 4.69) is 41.9 Å². The highest BCUT2D eigenvalue weighted by molar-refractivity contribution is 6.30. The fraction of sp³-hybridized carbons (Fsp3) is 0.286. The number of aromatic nitrogens is 2. The Morgan fingerprint density at radius 2 is 1.82 bits per heavy atom. The number of benzene rings is 2.